The molecule has 0 saturated carbocycles. The Hall–Kier alpha value is -1.38. The van der Waals surface area contributed by atoms with Gasteiger partial charge in [-0.15, -0.1) is 0 Å². The molecule has 0 spiro atoms. The number of carbonyl (C=O) groups excluding carboxylic acids is 1. The second-order valence-electron chi connectivity index (χ2n) is 5.53. The Morgan fingerprint density at radius 2 is 2.11 bits per heavy atom. The first-order valence-electron chi connectivity index (χ1n) is 7.27. The zero-order chi connectivity index (χ0) is 19.6. The molecule has 1 unspecified atom stereocenters. The van der Waals surface area contributed by atoms with Gasteiger partial charge in [-0.05, 0) is 6.07 Å². The monoisotopic (exact) mass is 467 g/mol. The smallest absolute Gasteiger partial charge is 0.351 e. The molecule has 1 fully saturated rings. The summed E-state index contributed by atoms with van der Waals surface area (Å²) in [6.45, 7) is -0.882. The third-order valence-electron chi connectivity index (χ3n) is 3.63. The predicted octanol–water partition coefficient (Wildman–Crippen LogP) is -2.13. The number of halogens is 2. The van der Waals surface area contributed by atoms with E-state index in [0.717, 1.165) is 12.3 Å². The first-order valence-corrected chi connectivity index (χ1v) is 7.27. The van der Waals surface area contributed by atoms with Gasteiger partial charge in [0.25, 0.3) is 0 Å². The topological polar surface area (TPSA) is 177 Å². The summed E-state index contributed by atoms with van der Waals surface area (Å²) >= 11 is 0. The van der Waals surface area contributed by atoms with Crippen LogP contribution in [0, 0.1) is 0 Å². The van der Waals surface area contributed by atoms with Crippen molar-refractivity contribution in [2.75, 3.05) is 11.9 Å². The molecule has 147 valence electrons. The number of nitrogens with one attached hydrogen (secondary N) is 1. The van der Waals surface area contributed by atoms with E-state index in [1.165, 1.54) is 0 Å². The molecule has 1 aliphatic heterocycles. The van der Waals surface area contributed by atoms with Crippen LogP contribution in [0.15, 0.2) is 17.1 Å². The van der Waals surface area contributed by atoms with E-state index in [2.05, 4.69) is 10.3 Å². The van der Waals surface area contributed by atoms with Gasteiger partial charge in [0, 0.05) is 38.9 Å². The molecule has 2 rings (SSSR count). The summed E-state index contributed by atoms with van der Waals surface area (Å²) < 4.78 is 33.3. The van der Waals surface area contributed by atoms with E-state index in [4.69, 9.17) is 20.7 Å². The van der Waals surface area contributed by atoms with E-state index in [9.17, 15) is 28.3 Å². The SMILES string of the molecule is NC(CC(=O)Nc1ccn([C@@H]2O[C@H](CO)[C@H](O)C2(F)F)c(=O)n1)C(=O)O.[Y]. The van der Waals surface area contributed by atoms with Crippen LogP contribution >= 0.6 is 0 Å². The molecule has 0 bridgehead atoms. The van der Waals surface area contributed by atoms with Crippen molar-refractivity contribution >= 4 is 17.7 Å². The largest absolute Gasteiger partial charge is 0.480 e. The van der Waals surface area contributed by atoms with Gasteiger partial charge in [0.15, 0.2) is 6.10 Å². The number of carbonyl (C=O) groups is 2. The van der Waals surface area contributed by atoms with Gasteiger partial charge >= 0.3 is 17.6 Å². The number of aromatic nitrogens is 2. The zero-order valence-electron chi connectivity index (χ0n) is 13.7. The minimum Gasteiger partial charge on any atom is -0.480 e. The molecule has 1 amide bonds. The van der Waals surface area contributed by atoms with Crippen molar-refractivity contribution in [1.29, 1.82) is 0 Å². The van der Waals surface area contributed by atoms with Gasteiger partial charge in [-0.2, -0.15) is 13.8 Å². The number of aliphatic carboxylic acids is 1. The molecular weight excluding hydrogens is 451 g/mol. The number of rotatable bonds is 6. The summed E-state index contributed by atoms with van der Waals surface area (Å²) in [5.74, 6) is -6.42. The molecule has 4 atom stereocenters. The summed E-state index contributed by atoms with van der Waals surface area (Å²) in [7, 11) is 0. The molecule has 14 heteroatoms. The van der Waals surface area contributed by atoms with E-state index in [-0.39, 0.29) is 38.5 Å². The number of nitrogens with zero attached hydrogens (tertiary/aromatic N) is 2. The van der Waals surface area contributed by atoms with E-state index in [1.807, 2.05) is 0 Å². The number of alkyl halides is 2. The number of aliphatic hydroxyl groups excluding tert-OH is 2. The van der Waals surface area contributed by atoms with Crippen LogP contribution in [0.5, 0.6) is 0 Å². The molecule has 1 radical (unpaired) electrons. The second-order valence-corrected chi connectivity index (χ2v) is 5.53. The molecule has 2 heterocycles. The zero-order valence-corrected chi connectivity index (χ0v) is 16.5. The maximum atomic E-state index is 14.0. The number of anilines is 1. The average Bonchev–Trinajstić information content (AvgIpc) is 2.77. The first-order chi connectivity index (χ1) is 12.1. The van der Waals surface area contributed by atoms with Gasteiger partial charge in [-0.3, -0.25) is 14.2 Å². The second kappa shape index (κ2) is 9.21. The quantitative estimate of drug-likeness (QED) is 0.313. The van der Waals surface area contributed by atoms with E-state index in [1.54, 1.807) is 0 Å². The van der Waals surface area contributed by atoms with Crippen LogP contribution in [-0.2, 0) is 47.0 Å². The molecule has 0 aliphatic carbocycles. The fraction of sp³-hybridized carbons (Fsp3) is 0.538. The molecule has 0 aromatic carbocycles. The number of carboxylic acids is 1. The Balaban J connectivity index is 0.00000364. The van der Waals surface area contributed by atoms with Crippen molar-refractivity contribution in [2.24, 2.45) is 5.73 Å². The van der Waals surface area contributed by atoms with E-state index in [0.29, 0.717) is 4.57 Å². The molecule has 11 nitrogen and oxygen atoms in total. The van der Waals surface area contributed by atoms with Crippen molar-refractivity contribution < 1.29 is 71.1 Å². The van der Waals surface area contributed by atoms with Crippen LogP contribution in [0.2, 0.25) is 0 Å². The Kier molecular flexibility index (Phi) is 8.07. The van der Waals surface area contributed by atoms with Crippen LogP contribution in [-0.4, -0.2) is 67.5 Å². The maximum Gasteiger partial charge on any atom is 0.351 e. The normalized spacial score (nSPS) is 24.7. The van der Waals surface area contributed by atoms with Crippen LogP contribution in [0.1, 0.15) is 12.6 Å². The molecular formula is C13H16F2N4O7Y. The molecule has 1 saturated heterocycles. The van der Waals surface area contributed by atoms with E-state index < -0.39 is 61.0 Å². The number of hydrogen-bond donors (Lipinski definition) is 5. The van der Waals surface area contributed by atoms with Crippen molar-refractivity contribution in [2.45, 2.75) is 36.8 Å². The summed E-state index contributed by atoms with van der Waals surface area (Å²) in [5, 5.41) is 29.1. The Morgan fingerprint density at radius 3 is 2.59 bits per heavy atom. The molecule has 1 aromatic rings. The predicted molar refractivity (Wildman–Crippen MR) is 79.3 cm³/mol. The molecule has 1 aliphatic rings. The number of hydrogen-bond acceptors (Lipinski definition) is 8. The Morgan fingerprint density at radius 1 is 1.48 bits per heavy atom. The van der Waals surface area contributed by atoms with Gasteiger partial charge < -0.3 is 31.1 Å². The number of amides is 1. The van der Waals surface area contributed by atoms with Crippen molar-refractivity contribution in [3.63, 3.8) is 0 Å². The minimum absolute atomic E-state index is 0. The van der Waals surface area contributed by atoms with Crippen LogP contribution in [0.3, 0.4) is 0 Å². The van der Waals surface area contributed by atoms with Crippen LogP contribution in [0.4, 0.5) is 14.6 Å². The standard InChI is InChI=1S/C13H16F2N4O7.Y/c14-13(15)9(22)6(4-20)26-11(13)19-2-1-7(18-12(19)25)17-8(21)3-5(16)10(23)24;/h1-2,5-6,9,11,20,22H,3-4,16H2,(H,23,24)(H,17,18,21,25);/t5?,6-,9+,11-;/m1./s1. The molecule has 1 aromatic heterocycles. The minimum atomic E-state index is -3.86. The van der Waals surface area contributed by atoms with Crippen molar-refractivity contribution in [3.05, 3.63) is 22.7 Å². The summed E-state index contributed by atoms with van der Waals surface area (Å²) in [6, 6.07) is -0.457. The van der Waals surface area contributed by atoms with Gasteiger partial charge in [0.2, 0.25) is 12.1 Å². The fourth-order valence-corrected chi connectivity index (χ4v) is 2.26. The first kappa shape index (κ1) is 23.7. The summed E-state index contributed by atoms with van der Waals surface area (Å²) in [6.07, 6.45) is -5.83. The van der Waals surface area contributed by atoms with Gasteiger partial charge in [0.05, 0.1) is 13.0 Å². The third kappa shape index (κ3) is 5.12. The maximum absolute atomic E-state index is 14.0. The van der Waals surface area contributed by atoms with Crippen molar-refractivity contribution in [1.82, 2.24) is 9.55 Å². The third-order valence-corrected chi connectivity index (χ3v) is 3.63. The van der Waals surface area contributed by atoms with Gasteiger partial charge in [-0.1, -0.05) is 0 Å². The summed E-state index contributed by atoms with van der Waals surface area (Å²) in [5.41, 5.74) is 3.96. The molecule has 6 N–H and O–H groups in total. The number of aliphatic hydroxyl groups is 2. The average molecular weight is 467 g/mol. The number of ether oxygens (including phenoxy) is 1. The van der Waals surface area contributed by atoms with Crippen LogP contribution < -0.4 is 16.7 Å². The number of carboxylic acid groups (broad SMARTS) is 1. The Labute approximate surface area is 175 Å². The fourth-order valence-electron chi connectivity index (χ4n) is 2.26. The van der Waals surface area contributed by atoms with Gasteiger partial charge in [0.1, 0.15) is 18.0 Å². The van der Waals surface area contributed by atoms with Crippen LogP contribution in [0.25, 0.3) is 0 Å². The van der Waals surface area contributed by atoms with Gasteiger partial charge in [-0.25, -0.2) is 4.79 Å². The molecule has 27 heavy (non-hydrogen) atoms. The van der Waals surface area contributed by atoms with E-state index >= 15 is 0 Å². The Bertz CT molecular complexity index is 762. The number of nitrogens with two attached hydrogens (primary N) is 1. The summed E-state index contributed by atoms with van der Waals surface area (Å²) in [4.78, 5) is 37.5. The van der Waals surface area contributed by atoms with Crippen molar-refractivity contribution in [3.8, 4) is 0 Å².